The minimum Gasteiger partial charge on any atom is -0.317 e. The second-order valence-electron chi connectivity index (χ2n) is 5.79. The van der Waals surface area contributed by atoms with Gasteiger partial charge in [-0.05, 0) is 62.0 Å². The van der Waals surface area contributed by atoms with E-state index in [1.807, 2.05) is 0 Å². The van der Waals surface area contributed by atoms with Crippen LogP contribution in [-0.4, -0.2) is 38.9 Å². The van der Waals surface area contributed by atoms with Crippen molar-refractivity contribution in [1.82, 2.24) is 9.62 Å². The Morgan fingerprint density at radius 1 is 1.10 bits per heavy atom. The molecule has 0 atom stereocenters. The van der Waals surface area contributed by atoms with Crippen molar-refractivity contribution >= 4 is 34.0 Å². The van der Waals surface area contributed by atoms with Crippen molar-refractivity contribution < 1.29 is 8.42 Å². The third-order valence-electron chi connectivity index (χ3n) is 4.52. The summed E-state index contributed by atoms with van der Waals surface area (Å²) in [6.07, 6.45) is 3.11. The average molecular weight is 351 g/mol. The highest BCUT2D eigenvalue weighted by Crippen LogP contribution is 2.40. The highest BCUT2D eigenvalue weighted by atomic mass is 35.5. The summed E-state index contributed by atoms with van der Waals surface area (Å²) in [6, 6.07) is 6.44. The number of hydrogen-bond acceptors (Lipinski definition) is 3. The van der Waals surface area contributed by atoms with Crippen molar-refractivity contribution in [1.29, 1.82) is 0 Å². The molecule has 1 aromatic carbocycles. The van der Waals surface area contributed by atoms with Crippen molar-refractivity contribution in [2.75, 3.05) is 26.2 Å². The van der Waals surface area contributed by atoms with Gasteiger partial charge in [0.05, 0.1) is 4.90 Å². The maximum atomic E-state index is 12.6. The van der Waals surface area contributed by atoms with Crippen LogP contribution in [0.15, 0.2) is 29.2 Å². The molecule has 2 aliphatic rings. The van der Waals surface area contributed by atoms with Gasteiger partial charge in [0.25, 0.3) is 0 Å². The lowest BCUT2D eigenvalue weighted by Gasteiger charge is -2.33. The second kappa shape index (κ2) is 6.42. The molecule has 0 radical (unpaired) electrons. The van der Waals surface area contributed by atoms with Gasteiger partial charge in [-0.2, -0.15) is 4.31 Å². The van der Waals surface area contributed by atoms with Crippen LogP contribution < -0.4 is 5.32 Å². The predicted molar refractivity (Wildman–Crippen MR) is 86.6 cm³/mol. The zero-order valence-electron chi connectivity index (χ0n) is 11.7. The lowest BCUT2D eigenvalue weighted by Crippen LogP contribution is -2.39. The van der Waals surface area contributed by atoms with Crippen LogP contribution in [0.3, 0.4) is 0 Å². The molecule has 2 fully saturated rings. The van der Waals surface area contributed by atoms with Gasteiger partial charge >= 0.3 is 0 Å². The summed E-state index contributed by atoms with van der Waals surface area (Å²) >= 11 is 5.82. The van der Waals surface area contributed by atoms with Gasteiger partial charge in [-0.3, -0.25) is 0 Å². The van der Waals surface area contributed by atoms with Crippen molar-refractivity contribution in [3.8, 4) is 0 Å². The fourth-order valence-electron chi connectivity index (χ4n) is 3.22. The molecule has 21 heavy (non-hydrogen) atoms. The van der Waals surface area contributed by atoms with Crippen molar-refractivity contribution in [2.24, 2.45) is 5.41 Å². The summed E-state index contributed by atoms with van der Waals surface area (Å²) in [5, 5.41) is 3.90. The number of sulfonamides is 1. The van der Waals surface area contributed by atoms with Crippen LogP contribution in [0.5, 0.6) is 0 Å². The molecule has 0 saturated carbocycles. The van der Waals surface area contributed by atoms with Crippen molar-refractivity contribution in [3.63, 3.8) is 0 Å². The van der Waals surface area contributed by atoms with Crippen LogP contribution in [-0.2, 0) is 10.0 Å². The summed E-state index contributed by atoms with van der Waals surface area (Å²) < 4.78 is 26.9. The minimum absolute atomic E-state index is 0. The molecule has 0 aliphatic carbocycles. The van der Waals surface area contributed by atoms with E-state index < -0.39 is 10.0 Å². The molecule has 0 bridgehead atoms. The molecular weight excluding hydrogens is 331 g/mol. The van der Waals surface area contributed by atoms with Gasteiger partial charge in [0.1, 0.15) is 0 Å². The molecular formula is C14H20Cl2N2O2S. The maximum Gasteiger partial charge on any atom is 0.243 e. The van der Waals surface area contributed by atoms with E-state index in [1.54, 1.807) is 28.6 Å². The first-order valence-corrected chi connectivity index (χ1v) is 8.80. The smallest absolute Gasteiger partial charge is 0.243 e. The second-order valence-corrected chi connectivity index (χ2v) is 8.17. The number of halogens is 2. The van der Waals surface area contributed by atoms with Gasteiger partial charge in [0, 0.05) is 18.1 Å². The standard InChI is InChI=1S/C14H19ClN2O2S.ClH/c15-12-1-3-13(4-2-12)20(18,19)17-10-7-14(11-17)5-8-16-9-6-14;/h1-4,16H,5-11H2;1H. The molecule has 0 unspecified atom stereocenters. The summed E-state index contributed by atoms with van der Waals surface area (Å²) in [5.41, 5.74) is 0.185. The number of nitrogens with one attached hydrogen (secondary N) is 1. The summed E-state index contributed by atoms with van der Waals surface area (Å²) in [6.45, 7) is 3.27. The van der Waals surface area contributed by atoms with Gasteiger partial charge in [0.2, 0.25) is 10.0 Å². The highest BCUT2D eigenvalue weighted by molar-refractivity contribution is 7.89. The summed E-state index contributed by atoms with van der Waals surface area (Å²) in [4.78, 5) is 0.341. The highest BCUT2D eigenvalue weighted by Gasteiger charge is 2.43. The Bertz CT molecular complexity index is 583. The predicted octanol–water partition coefficient (Wildman–Crippen LogP) is 2.53. The van der Waals surface area contributed by atoms with Gasteiger partial charge in [-0.1, -0.05) is 11.6 Å². The summed E-state index contributed by atoms with van der Waals surface area (Å²) in [5.74, 6) is 0. The van der Waals surface area contributed by atoms with Crippen LogP contribution in [0.25, 0.3) is 0 Å². The van der Waals surface area contributed by atoms with Gasteiger partial charge in [-0.15, -0.1) is 12.4 Å². The average Bonchev–Trinajstić information content (AvgIpc) is 2.85. The molecule has 4 nitrogen and oxygen atoms in total. The number of piperidine rings is 1. The Hall–Kier alpha value is -0.330. The van der Waals surface area contributed by atoms with E-state index >= 15 is 0 Å². The Labute approximate surface area is 137 Å². The zero-order chi connectivity index (χ0) is 14.2. The van der Waals surface area contributed by atoms with Gasteiger partial charge in [0.15, 0.2) is 0 Å². The lowest BCUT2D eigenvalue weighted by atomic mass is 9.78. The molecule has 1 aromatic rings. The Morgan fingerprint density at radius 2 is 1.71 bits per heavy atom. The van der Waals surface area contributed by atoms with E-state index in [-0.39, 0.29) is 17.8 Å². The molecule has 118 valence electrons. The SMILES string of the molecule is Cl.O=S(=O)(c1ccc(Cl)cc1)N1CCC2(CCNCC2)C1. The van der Waals surface area contributed by atoms with Gasteiger partial charge < -0.3 is 5.32 Å². The fourth-order valence-corrected chi connectivity index (χ4v) is 4.90. The number of benzene rings is 1. The monoisotopic (exact) mass is 350 g/mol. The molecule has 3 rings (SSSR count). The quantitative estimate of drug-likeness (QED) is 0.891. The van der Waals surface area contributed by atoms with E-state index in [4.69, 9.17) is 11.6 Å². The molecule has 2 aliphatic heterocycles. The van der Waals surface area contributed by atoms with Crippen LogP contribution in [0.2, 0.25) is 5.02 Å². The molecule has 2 heterocycles. The largest absolute Gasteiger partial charge is 0.317 e. The van der Waals surface area contributed by atoms with E-state index in [0.717, 1.165) is 32.4 Å². The molecule has 0 aromatic heterocycles. The van der Waals surface area contributed by atoms with Gasteiger partial charge in [-0.25, -0.2) is 8.42 Å². The Morgan fingerprint density at radius 3 is 2.33 bits per heavy atom. The minimum atomic E-state index is -3.38. The molecule has 1 N–H and O–H groups in total. The molecule has 7 heteroatoms. The fraction of sp³-hybridized carbons (Fsp3) is 0.571. The van der Waals surface area contributed by atoms with Crippen LogP contribution in [0.4, 0.5) is 0 Å². The Kier molecular flexibility index (Phi) is 5.21. The third kappa shape index (κ3) is 3.37. The van der Waals surface area contributed by atoms with Crippen LogP contribution >= 0.6 is 24.0 Å². The zero-order valence-corrected chi connectivity index (χ0v) is 14.1. The third-order valence-corrected chi connectivity index (χ3v) is 6.63. The van der Waals surface area contributed by atoms with E-state index in [0.29, 0.717) is 23.0 Å². The van der Waals surface area contributed by atoms with Crippen LogP contribution in [0, 0.1) is 5.41 Å². The van der Waals surface area contributed by atoms with Crippen molar-refractivity contribution in [2.45, 2.75) is 24.2 Å². The number of rotatable bonds is 2. The van der Waals surface area contributed by atoms with Crippen LogP contribution in [0.1, 0.15) is 19.3 Å². The van der Waals surface area contributed by atoms with E-state index in [2.05, 4.69) is 5.32 Å². The molecule has 2 saturated heterocycles. The summed E-state index contributed by atoms with van der Waals surface area (Å²) in [7, 11) is -3.38. The number of hydrogen-bond donors (Lipinski definition) is 1. The number of nitrogens with zero attached hydrogens (tertiary/aromatic N) is 1. The first-order valence-electron chi connectivity index (χ1n) is 6.98. The maximum absolute atomic E-state index is 12.6. The molecule has 1 spiro atoms. The van der Waals surface area contributed by atoms with E-state index in [1.165, 1.54) is 0 Å². The first kappa shape index (κ1) is 17.0. The van der Waals surface area contributed by atoms with E-state index in [9.17, 15) is 8.42 Å². The Balaban J connectivity index is 0.00000161. The molecule has 0 amide bonds. The first-order chi connectivity index (χ1) is 9.52. The van der Waals surface area contributed by atoms with Crippen molar-refractivity contribution in [3.05, 3.63) is 29.3 Å². The lowest BCUT2D eigenvalue weighted by molar-refractivity contribution is 0.218. The normalized spacial score (nSPS) is 22.1. The topological polar surface area (TPSA) is 49.4 Å².